The Kier molecular flexibility index (Phi) is 3.91. The van der Waals surface area contributed by atoms with Gasteiger partial charge >= 0.3 is 0 Å². The minimum Gasteiger partial charge on any atom is -0.378 e. The SMILES string of the molecule is CC(C)(C#N)CCCOC1CC(N)C1. The second-order valence-electron chi connectivity index (χ2n) is 4.82. The highest BCUT2D eigenvalue weighted by atomic mass is 16.5. The first-order chi connectivity index (χ1) is 6.53. The molecular weight excluding hydrogens is 176 g/mol. The van der Waals surface area contributed by atoms with Crippen LogP contribution in [0, 0.1) is 16.7 Å². The summed E-state index contributed by atoms with van der Waals surface area (Å²) in [6.07, 6.45) is 4.26. The summed E-state index contributed by atoms with van der Waals surface area (Å²) in [5, 5.41) is 8.79. The highest BCUT2D eigenvalue weighted by Crippen LogP contribution is 2.23. The monoisotopic (exact) mass is 196 g/mol. The molecule has 0 heterocycles. The normalized spacial score (nSPS) is 26.7. The van der Waals surface area contributed by atoms with Crippen molar-refractivity contribution in [3.05, 3.63) is 0 Å². The summed E-state index contributed by atoms with van der Waals surface area (Å²) in [6.45, 7) is 4.70. The molecule has 1 saturated carbocycles. The lowest BCUT2D eigenvalue weighted by Gasteiger charge is -2.32. The highest BCUT2D eigenvalue weighted by Gasteiger charge is 2.26. The number of hydrogen-bond acceptors (Lipinski definition) is 3. The van der Waals surface area contributed by atoms with Gasteiger partial charge in [-0.25, -0.2) is 0 Å². The zero-order valence-corrected chi connectivity index (χ0v) is 9.12. The number of nitrogens with two attached hydrogens (primary N) is 1. The van der Waals surface area contributed by atoms with Crippen LogP contribution in [0.15, 0.2) is 0 Å². The van der Waals surface area contributed by atoms with Crippen LogP contribution in [-0.4, -0.2) is 18.8 Å². The third kappa shape index (κ3) is 3.65. The first kappa shape index (κ1) is 11.5. The van der Waals surface area contributed by atoms with E-state index >= 15 is 0 Å². The predicted octanol–water partition coefficient (Wildman–Crippen LogP) is 1.82. The molecule has 3 heteroatoms. The van der Waals surface area contributed by atoms with Gasteiger partial charge < -0.3 is 10.5 Å². The summed E-state index contributed by atoms with van der Waals surface area (Å²) < 4.78 is 5.60. The van der Waals surface area contributed by atoms with Gasteiger partial charge in [0, 0.05) is 12.6 Å². The Hall–Kier alpha value is -0.590. The smallest absolute Gasteiger partial charge is 0.0683 e. The van der Waals surface area contributed by atoms with Crippen LogP contribution >= 0.6 is 0 Å². The van der Waals surface area contributed by atoms with Gasteiger partial charge in [-0.2, -0.15) is 5.26 Å². The predicted molar refractivity (Wildman–Crippen MR) is 55.6 cm³/mol. The van der Waals surface area contributed by atoms with Crippen LogP contribution in [0.4, 0.5) is 0 Å². The minimum absolute atomic E-state index is 0.209. The van der Waals surface area contributed by atoms with Crippen LogP contribution in [-0.2, 0) is 4.74 Å². The summed E-state index contributed by atoms with van der Waals surface area (Å²) >= 11 is 0. The molecule has 1 fully saturated rings. The Balaban J connectivity index is 1.98. The van der Waals surface area contributed by atoms with Crippen molar-refractivity contribution in [2.45, 2.75) is 51.7 Å². The van der Waals surface area contributed by atoms with E-state index < -0.39 is 0 Å². The maximum atomic E-state index is 8.79. The Labute approximate surface area is 86.2 Å². The summed E-state index contributed by atoms with van der Waals surface area (Å²) in [5.74, 6) is 0. The number of nitriles is 1. The van der Waals surface area contributed by atoms with E-state index in [0.29, 0.717) is 12.1 Å². The molecule has 2 N–H and O–H groups in total. The van der Waals surface area contributed by atoms with E-state index in [2.05, 4.69) is 6.07 Å². The second kappa shape index (κ2) is 4.77. The molecule has 0 atom stereocenters. The van der Waals surface area contributed by atoms with E-state index in [1.54, 1.807) is 0 Å². The third-order valence-electron chi connectivity index (χ3n) is 2.73. The fraction of sp³-hybridized carbons (Fsp3) is 0.909. The van der Waals surface area contributed by atoms with Crippen molar-refractivity contribution in [3.8, 4) is 6.07 Å². The zero-order chi connectivity index (χ0) is 10.6. The molecular formula is C11H20N2O. The topological polar surface area (TPSA) is 59.0 Å². The molecule has 3 nitrogen and oxygen atoms in total. The fourth-order valence-electron chi connectivity index (χ4n) is 1.56. The Bertz CT molecular complexity index is 214. The molecule has 0 aromatic heterocycles. The summed E-state index contributed by atoms with van der Waals surface area (Å²) in [4.78, 5) is 0. The lowest BCUT2D eigenvalue weighted by atomic mass is 9.89. The molecule has 0 radical (unpaired) electrons. The van der Waals surface area contributed by atoms with Gasteiger partial charge in [-0.05, 0) is 39.5 Å². The van der Waals surface area contributed by atoms with Crippen molar-refractivity contribution in [1.82, 2.24) is 0 Å². The first-order valence-corrected chi connectivity index (χ1v) is 5.32. The Morgan fingerprint density at radius 1 is 1.50 bits per heavy atom. The zero-order valence-electron chi connectivity index (χ0n) is 9.12. The lowest BCUT2D eigenvalue weighted by molar-refractivity contribution is -0.0113. The average Bonchev–Trinajstić information content (AvgIpc) is 2.09. The first-order valence-electron chi connectivity index (χ1n) is 5.32. The van der Waals surface area contributed by atoms with Gasteiger partial charge in [0.05, 0.1) is 17.6 Å². The van der Waals surface area contributed by atoms with Gasteiger partial charge in [-0.15, -0.1) is 0 Å². The molecule has 0 aromatic carbocycles. The molecule has 0 saturated heterocycles. The molecule has 80 valence electrons. The van der Waals surface area contributed by atoms with Crippen molar-refractivity contribution in [2.75, 3.05) is 6.61 Å². The highest BCUT2D eigenvalue weighted by molar-refractivity contribution is 4.91. The number of hydrogen-bond donors (Lipinski definition) is 1. The molecule has 14 heavy (non-hydrogen) atoms. The van der Waals surface area contributed by atoms with Gasteiger partial charge in [0.1, 0.15) is 0 Å². The molecule has 1 aliphatic carbocycles. The van der Waals surface area contributed by atoms with E-state index in [1.165, 1.54) is 0 Å². The molecule has 0 spiro atoms. The standard InChI is InChI=1S/C11H20N2O/c1-11(2,8-12)4-3-5-14-10-6-9(13)7-10/h9-10H,3-7,13H2,1-2H3. The Morgan fingerprint density at radius 2 is 2.14 bits per heavy atom. The van der Waals surface area contributed by atoms with Gasteiger partial charge in [0.25, 0.3) is 0 Å². The fourth-order valence-corrected chi connectivity index (χ4v) is 1.56. The Morgan fingerprint density at radius 3 is 2.64 bits per heavy atom. The van der Waals surface area contributed by atoms with Gasteiger partial charge in [-0.1, -0.05) is 0 Å². The number of ether oxygens (including phenoxy) is 1. The third-order valence-corrected chi connectivity index (χ3v) is 2.73. The number of rotatable bonds is 5. The molecule has 0 unspecified atom stereocenters. The quantitative estimate of drug-likeness (QED) is 0.682. The summed E-state index contributed by atoms with van der Waals surface area (Å²) in [5.41, 5.74) is 5.43. The van der Waals surface area contributed by atoms with Crippen LogP contribution < -0.4 is 5.73 Å². The molecule has 0 aliphatic heterocycles. The average molecular weight is 196 g/mol. The van der Waals surface area contributed by atoms with Crippen LogP contribution in [0.3, 0.4) is 0 Å². The summed E-state index contributed by atoms with van der Waals surface area (Å²) in [7, 11) is 0. The van der Waals surface area contributed by atoms with Gasteiger partial charge in [0.15, 0.2) is 0 Å². The van der Waals surface area contributed by atoms with Crippen LogP contribution in [0.1, 0.15) is 39.5 Å². The molecule has 0 aromatic rings. The van der Waals surface area contributed by atoms with Crippen LogP contribution in [0.25, 0.3) is 0 Å². The molecule has 1 aliphatic rings. The van der Waals surface area contributed by atoms with E-state index in [0.717, 1.165) is 32.3 Å². The van der Waals surface area contributed by atoms with E-state index in [-0.39, 0.29) is 5.41 Å². The van der Waals surface area contributed by atoms with Gasteiger partial charge in [-0.3, -0.25) is 0 Å². The lowest BCUT2D eigenvalue weighted by Crippen LogP contribution is -2.41. The van der Waals surface area contributed by atoms with Crippen molar-refractivity contribution in [3.63, 3.8) is 0 Å². The second-order valence-corrected chi connectivity index (χ2v) is 4.82. The maximum Gasteiger partial charge on any atom is 0.0683 e. The van der Waals surface area contributed by atoms with Crippen molar-refractivity contribution < 1.29 is 4.74 Å². The molecule has 0 bridgehead atoms. The van der Waals surface area contributed by atoms with Crippen LogP contribution in [0.2, 0.25) is 0 Å². The van der Waals surface area contributed by atoms with E-state index in [1.807, 2.05) is 13.8 Å². The van der Waals surface area contributed by atoms with Crippen LogP contribution in [0.5, 0.6) is 0 Å². The van der Waals surface area contributed by atoms with E-state index in [4.69, 9.17) is 15.7 Å². The van der Waals surface area contributed by atoms with Gasteiger partial charge in [0.2, 0.25) is 0 Å². The number of nitrogens with zero attached hydrogens (tertiary/aromatic N) is 1. The maximum absolute atomic E-state index is 8.79. The minimum atomic E-state index is -0.209. The summed E-state index contributed by atoms with van der Waals surface area (Å²) in [6, 6.07) is 2.65. The molecule has 1 rings (SSSR count). The van der Waals surface area contributed by atoms with E-state index in [9.17, 15) is 0 Å². The van der Waals surface area contributed by atoms with Crippen molar-refractivity contribution in [1.29, 1.82) is 5.26 Å². The largest absolute Gasteiger partial charge is 0.378 e. The molecule has 0 amide bonds. The van der Waals surface area contributed by atoms with Crippen molar-refractivity contribution in [2.24, 2.45) is 11.1 Å². The van der Waals surface area contributed by atoms with Crippen molar-refractivity contribution >= 4 is 0 Å².